The van der Waals surface area contributed by atoms with Crippen LogP contribution >= 0.6 is 0 Å². The van der Waals surface area contributed by atoms with Crippen LogP contribution in [0.1, 0.15) is 72.6 Å². The van der Waals surface area contributed by atoms with Crippen LogP contribution in [0.25, 0.3) is 0 Å². The number of hydrogen-bond donors (Lipinski definition) is 0. The Morgan fingerprint density at radius 3 is 2.29 bits per heavy atom. The molecule has 1 fully saturated rings. The number of amides is 2. The third kappa shape index (κ3) is 3.21. The third-order valence-corrected chi connectivity index (χ3v) is 5.00. The highest BCUT2D eigenvalue weighted by Gasteiger charge is 2.39. The highest BCUT2D eigenvalue weighted by molar-refractivity contribution is 6.20. The van der Waals surface area contributed by atoms with E-state index in [9.17, 15) is 14.4 Å². The lowest BCUT2D eigenvalue weighted by molar-refractivity contribution is -0.174. The van der Waals surface area contributed by atoms with Crippen LogP contribution in [0.2, 0.25) is 0 Å². The molecular formula is C19H23NO4. The number of rotatable bonds is 6. The number of nitrogens with zero attached hydrogens (tertiary/aromatic N) is 1. The Hall–Kier alpha value is -2.17. The van der Waals surface area contributed by atoms with E-state index in [0.29, 0.717) is 11.0 Å². The highest BCUT2D eigenvalue weighted by atomic mass is 16.7. The molecule has 24 heavy (non-hydrogen) atoms. The van der Waals surface area contributed by atoms with Crippen molar-refractivity contribution in [3.63, 3.8) is 0 Å². The van der Waals surface area contributed by atoms with E-state index in [1.165, 1.54) is 12.8 Å². The Kier molecular flexibility index (Phi) is 4.97. The maximum Gasteiger partial charge on any atom is 0.336 e. The standard InChI is InChI=1S/C19H23NO4/c1-2-7-14(12-13-8-3-4-9-13)19(23)24-20-17(21)15-10-5-6-11-16(15)18(20)22/h5-6,10-11,13-14H,2-4,7-9,12H2,1H3. The summed E-state index contributed by atoms with van der Waals surface area (Å²) >= 11 is 0. The molecule has 1 aliphatic heterocycles. The highest BCUT2D eigenvalue weighted by Crippen LogP contribution is 2.33. The second kappa shape index (κ2) is 7.16. The molecule has 128 valence electrons. The molecule has 0 aromatic heterocycles. The molecule has 1 saturated carbocycles. The topological polar surface area (TPSA) is 63.7 Å². The molecule has 0 saturated heterocycles. The summed E-state index contributed by atoms with van der Waals surface area (Å²) in [4.78, 5) is 42.4. The van der Waals surface area contributed by atoms with Crippen molar-refractivity contribution in [1.82, 2.24) is 5.06 Å². The number of imide groups is 1. The Morgan fingerprint density at radius 2 is 1.75 bits per heavy atom. The second-order valence-corrected chi connectivity index (χ2v) is 6.73. The lowest BCUT2D eigenvalue weighted by Gasteiger charge is -2.21. The van der Waals surface area contributed by atoms with Gasteiger partial charge in [-0.3, -0.25) is 9.59 Å². The van der Waals surface area contributed by atoms with Gasteiger partial charge in [0.15, 0.2) is 0 Å². The Balaban J connectivity index is 1.68. The lowest BCUT2D eigenvalue weighted by Crippen LogP contribution is -2.35. The molecule has 0 bridgehead atoms. The number of carbonyl (C=O) groups is 3. The quantitative estimate of drug-likeness (QED) is 0.746. The molecule has 0 radical (unpaired) electrons. The smallest absolute Gasteiger partial charge is 0.329 e. The van der Waals surface area contributed by atoms with Crippen molar-refractivity contribution in [2.75, 3.05) is 0 Å². The largest absolute Gasteiger partial charge is 0.336 e. The molecule has 2 aliphatic rings. The zero-order valence-electron chi connectivity index (χ0n) is 14.0. The van der Waals surface area contributed by atoms with Crippen LogP contribution in [0.3, 0.4) is 0 Å². The minimum Gasteiger partial charge on any atom is -0.329 e. The molecule has 1 aromatic rings. The maximum absolute atomic E-state index is 12.6. The van der Waals surface area contributed by atoms with Crippen LogP contribution in [0, 0.1) is 11.8 Å². The maximum atomic E-state index is 12.6. The fourth-order valence-electron chi connectivity index (χ4n) is 3.74. The molecule has 1 unspecified atom stereocenters. The predicted molar refractivity (Wildman–Crippen MR) is 88.0 cm³/mol. The first kappa shape index (κ1) is 16.7. The average molecular weight is 329 g/mol. The third-order valence-electron chi connectivity index (χ3n) is 5.00. The number of benzene rings is 1. The minimum absolute atomic E-state index is 0.248. The van der Waals surface area contributed by atoms with Crippen molar-refractivity contribution >= 4 is 17.8 Å². The molecular weight excluding hydrogens is 306 g/mol. The molecule has 3 rings (SSSR count). The van der Waals surface area contributed by atoms with Gasteiger partial charge in [0.1, 0.15) is 0 Å². The number of hydrogen-bond acceptors (Lipinski definition) is 4. The number of hydroxylamine groups is 2. The minimum atomic E-state index is -0.555. The first-order valence-corrected chi connectivity index (χ1v) is 8.81. The van der Waals surface area contributed by atoms with E-state index >= 15 is 0 Å². The van der Waals surface area contributed by atoms with Gasteiger partial charge in [0.2, 0.25) is 0 Å². The van der Waals surface area contributed by atoms with Gasteiger partial charge in [-0.05, 0) is 30.9 Å². The molecule has 1 aromatic carbocycles. The van der Waals surface area contributed by atoms with Crippen LogP contribution < -0.4 is 0 Å². The monoisotopic (exact) mass is 329 g/mol. The van der Waals surface area contributed by atoms with E-state index in [0.717, 1.165) is 32.1 Å². The number of carbonyl (C=O) groups excluding carboxylic acids is 3. The van der Waals surface area contributed by atoms with Crippen LogP contribution in [0.5, 0.6) is 0 Å². The van der Waals surface area contributed by atoms with Crippen molar-refractivity contribution in [2.45, 2.75) is 51.9 Å². The molecule has 1 atom stereocenters. The Labute approximate surface area is 141 Å². The summed E-state index contributed by atoms with van der Waals surface area (Å²) in [6, 6.07) is 6.53. The van der Waals surface area contributed by atoms with Gasteiger partial charge in [-0.2, -0.15) is 0 Å². The van der Waals surface area contributed by atoms with Crippen LogP contribution in [-0.4, -0.2) is 22.8 Å². The van der Waals surface area contributed by atoms with Crippen LogP contribution in [-0.2, 0) is 9.63 Å². The lowest BCUT2D eigenvalue weighted by atomic mass is 9.90. The summed E-state index contributed by atoms with van der Waals surface area (Å²) in [5, 5.41) is 0.629. The molecule has 1 heterocycles. The van der Waals surface area contributed by atoms with Crippen molar-refractivity contribution in [2.24, 2.45) is 11.8 Å². The van der Waals surface area contributed by atoms with Gasteiger partial charge in [0, 0.05) is 0 Å². The van der Waals surface area contributed by atoms with Gasteiger partial charge in [-0.25, -0.2) is 4.79 Å². The fourth-order valence-corrected chi connectivity index (χ4v) is 3.74. The van der Waals surface area contributed by atoms with Crippen molar-refractivity contribution < 1.29 is 19.2 Å². The summed E-state index contributed by atoms with van der Waals surface area (Å²) in [7, 11) is 0. The molecule has 2 amide bonds. The van der Waals surface area contributed by atoms with E-state index in [2.05, 4.69) is 0 Å². The zero-order chi connectivity index (χ0) is 17.1. The SMILES string of the molecule is CCCC(CC1CCCC1)C(=O)ON1C(=O)c2ccccc2C1=O. The van der Waals surface area contributed by atoms with Gasteiger partial charge in [-0.1, -0.05) is 56.2 Å². The molecule has 5 nitrogen and oxygen atoms in total. The second-order valence-electron chi connectivity index (χ2n) is 6.73. The van der Waals surface area contributed by atoms with E-state index in [4.69, 9.17) is 4.84 Å². The predicted octanol–water partition coefficient (Wildman–Crippen LogP) is 3.74. The molecule has 1 aliphatic carbocycles. The number of fused-ring (bicyclic) bond motifs is 1. The fraction of sp³-hybridized carbons (Fsp3) is 0.526. The van der Waals surface area contributed by atoms with Crippen LogP contribution in [0.4, 0.5) is 0 Å². The van der Waals surface area contributed by atoms with Gasteiger partial charge in [-0.15, -0.1) is 0 Å². The van der Waals surface area contributed by atoms with Gasteiger partial charge in [0.05, 0.1) is 17.0 Å². The first-order valence-electron chi connectivity index (χ1n) is 8.81. The Morgan fingerprint density at radius 1 is 1.17 bits per heavy atom. The summed E-state index contributed by atoms with van der Waals surface area (Å²) in [5.41, 5.74) is 0.580. The van der Waals surface area contributed by atoms with Gasteiger partial charge in [0.25, 0.3) is 11.8 Å². The summed E-state index contributed by atoms with van der Waals surface area (Å²) in [6.45, 7) is 2.02. The molecule has 0 spiro atoms. The van der Waals surface area contributed by atoms with Gasteiger partial charge >= 0.3 is 5.97 Å². The summed E-state index contributed by atoms with van der Waals surface area (Å²) in [6.07, 6.45) is 7.12. The zero-order valence-corrected chi connectivity index (χ0v) is 14.0. The molecule has 0 N–H and O–H groups in total. The van der Waals surface area contributed by atoms with E-state index < -0.39 is 17.8 Å². The van der Waals surface area contributed by atoms with Crippen LogP contribution in [0.15, 0.2) is 24.3 Å². The average Bonchev–Trinajstić information content (AvgIpc) is 3.18. The normalized spacial score (nSPS) is 18.8. The van der Waals surface area contributed by atoms with Crippen molar-refractivity contribution in [1.29, 1.82) is 0 Å². The van der Waals surface area contributed by atoms with Crippen molar-refractivity contribution in [3.05, 3.63) is 35.4 Å². The van der Waals surface area contributed by atoms with E-state index in [1.807, 2.05) is 6.92 Å². The van der Waals surface area contributed by atoms with E-state index in [-0.39, 0.29) is 17.0 Å². The Bertz CT molecular complexity index is 614. The summed E-state index contributed by atoms with van der Waals surface area (Å²) < 4.78 is 0. The first-order chi connectivity index (χ1) is 11.6. The molecule has 5 heteroatoms. The summed E-state index contributed by atoms with van der Waals surface area (Å²) in [5.74, 6) is -1.27. The van der Waals surface area contributed by atoms with Crippen molar-refractivity contribution in [3.8, 4) is 0 Å². The van der Waals surface area contributed by atoms with Gasteiger partial charge < -0.3 is 4.84 Å². The van der Waals surface area contributed by atoms with E-state index in [1.54, 1.807) is 24.3 Å².